The van der Waals surface area contributed by atoms with Crippen LogP contribution in [0.4, 0.5) is 13.2 Å². The van der Waals surface area contributed by atoms with Gasteiger partial charge in [0.2, 0.25) is 15.3 Å². The van der Waals surface area contributed by atoms with E-state index in [1.807, 2.05) is 0 Å². The molecule has 3 aromatic rings. The molecule has 1 aromatic heterocycles. The smallest absolute Gasteiger partial charge is 0.435 e. The molecule has 3 rings (SSSR count). The van der Waals surface area contributed by atoms with Gasteiger partial charge in [0.15, 0.2) is 5.69 Å². The van der Waals surface area contributed by atoms with Gasteiger partial charge in [-0.15, -0.1) is 5.01 Å². The Labute approximate surface area is 237 Å². The van der Waals surface area contributed by atoms with Gasteiger partial charge in [-0.2, -0.15) is 18.3 Å². The molecule has 18 heteroatoms. The molecule has 0 fully saturated rings. The summed E-state index contributed by atoms with van der Waals surface area (Å²) in [6, 6.07) is 11.7. The van der Waals surface area contributed by atoms with E-state index in [1.54, 1.807) is 0 Å². The monoisotopic (exact) mass is 614 g/mol. The van der Waals surface area contributed by atoms with Crippen molar-refractivity contribution in [3.8, 4) is 16.9 Å². The lowest BCUT2D eigenvalue weighted by molar-refractivity contribution is -0.706. The van der Waals surface area contributed by atoms with Crippen LogP contribution in [0.5, 0.6) is 0 Å². The van der Waals surface area contributed by atoms with Crippen molar-refractivity contribution < 1.29 is 50.5 Å². The lowest BCUT2D eigenvalue weighted by Gasteiger charge is -2.13. The first-order valence-corrected chi connectivity index (χ1v) is 13.4. The summed E-state index contributed by atoms with van der Waals surface area (Å²) in [5.41, 5.74) is -0.109. The first kappa shape index (κ1) is 31.8. The summed E-state index contributed by atoms with van der Waals surface area (Å²) >= 11 is 0. The number of aromatic nitrogens is 2. The maximum absolute atomic E-state index is 13.5. The van der Waals surface area contributed by atoms with Gasteiger partial charge in [-0.25, -0.2) is 18.2 Å². The van der Waals surface area contributed by atoms with E-state index in [0.29, 0.717) is 11.1 Å². The number of likely N-dealkylation sites (N-methyl/N-ethyl adjacent to an activating group) is 1. The number of nitrogens with two attached hydrogens (primary N) is 1. The molecule has 14 nitrogen and oxygen atoms in total. The molecular formula is C24H25F3N6O8S. The van der Waals surface area contributed by atoms with Crippen LogP contribution in [0.25, 0.3) is 16.9 Å². The number of hydrogen-bond acceptors (Lipinski definition) is 10. The van der Waals surface area contributed by atoms with Crippen LogP contribution < -0.4 is 5.14 Å². The highest BCUT2D eigenvalue weighted by Crippen LogP contribution is 2.33. The lowest BCUT2D eigenvalue weighted by atomic mass is 10.1. The zero-order chi connectivity index (χ0) is 31.1. The standard InChI is InChI=1S/C24H25F3N6O8S/c1-16(34)40-15-41-30-33(36)31(2)11-12-39-23(35)13-17-3-5-18(6-4-17)21-14-22(24(25,26)27)29-32(21)19-7-9-20(10-8-19)42(28,37)38/h3-10,14H,11-13,15H2,1-2H3,(H2,28,37,38)/b33-30-. The minimum absolute atomic E-state index is 0.0433. The number of esters is 2. The fraction of sp³-hybridized carbons (Fsp3) is 0.292. The minimum atomic E-state index is -4.74. The third kappa shape index (κ3) is 8.90. The number of hydrazine groups is 1. The van der Waals surface area contributed by atoms with Gasteiger partial charge in [0, 0.05) is 12.5 Å². The molecule has 2 N–H and O–H groups in total. The largest absolute Gasteiger partial charge is 0.569 e. The predicted molar refractivity (Wildman–Crippen MR) is 136 cm³/mol. The van der Waals surface area contributed by atoms with E-state index in [9.17, 15) is 36.4 Å². The molecule has 42 heavy (non-hydrogen) atoms. The summed E-state index contributed by atoms with van der Waals surface area (Å²) in [4.78, 5) is 27.2. The second kappa shape index (κ2) is 13.3. The van der Waals surface area contributed by atoms with E-state index < -0.39 is 40.6 Å². The Morgan fingerprint density at radius 2 is 1.76 bits per heavy atom. The van der Waals surface area contributed by atoms with Crippen molar-refractivity contribution in [3.63, 3.8) is 0 Å². The van der Waals surface area contributed by atoms with Gasteiger partial charge in [0.05, 0.1) is 34.7 Å². The quantitative estimate of drug-likeness (QED) is 0.0795. The average Bonchev–Trinajstić information content (AvgIpc) is 3.37. The molecule has 0 aliphatic rings. The second-order valence-corrected chi connectivity index (χ2v) is 10.1. The third-order valence-corrected chi connectivity index (χ3v) is 6.35. The fourth-order valence-electron chi connectivity index (χ4n) is 3.33. The number of sulfonamides is 1. The first-order chi connectivity index (χ1) is 19.6. The van der Waals surface area contributed by atoms with Crippen LogP contribution in [0.15, 0.2) is 64.8 Å². The molecule has 0 bridgehead atoms. The van der Waals surface area contributed by atoms with Crippen molar-refractivity contribution in [2.45, 2.75) is 24.4 Å². The van der Waals surface area contributed by atoms with E-state index in [2.05, 4.69) is 20.0 Å². The molecule has 0 amide bonds. The van der Waals surface area contributed by atoms with Crippen LogP contribution in [0.1, 0.15) is 18.2 Å². The Balaban J connectivity index is 1.65. The Kier molecular flexibility index (Phi) is 10.1. The van der Waals surface area contributed by atoms with Gasteiger partial charge in [0.1, 0.15) is 13.2 Å². The molecule has 0 radical (unpaired) electrons. The maximum Gasteiger partial charge on any atom is 0.435 e. The van der Waals surface area contributed by atoms with Crippen molar-refractivity contribution >= 4 is 22.0 Å². The van der Waals surface area contributed by atoms with E-state index in [-0.39, 0.29) is 40.8 Å². The van der Waals surface area contributed by atoms with Crippen LogP contribution in [-0.2, 0) is 46.5 Å². The number of halogens is 3. The summed E-state index contributed by atoms with van der Waals surface area (Å²) in [5, 5.41) is 24.6. The Hall–Kier alpha value is -4.71. The SMILES string of the molecule is CC(=O)OCO/N=[N+](\[O-])N(C)CCOC(=O)Cc1ccc(-c2cc(C(F)(F)F)nn2-c2ccc(S(N)(=O)=O)cc2)cc1. The highest BCUT2D eigenvalue weighted by molar-refractivity contribution is 7.89. The average molecular weight is 615 g/mol. The van der Waals surface area contributed by atoms with Crippen LogP contribution >= 0.6 is 0 Å². The molecule has 1 heterocycles. The van der Waals surface area contributed by atoms with Crippen LogP contribution in [0.3, 0.4) is 0 Å². The van der Waals surface area contributed by atoms with E-state index in [4.69, 9.17) is 9.88 Å². The lowest BCUT2D eigenvalue weighted by Crippen LogP contribution is -2.30. The molecule has 0 unspecified atom stereocenters. The Bertz CT molecular complexity index is 1540. The van der Waals surface area contributed by atoms with Gasteiger partial charge < -0.3 is 19.5 Å². The van der Waals surface area contributed by atoms with Crippen molar-refractivity contribution in [2.75, 3.05) is 27.0 Å². The van der Waals surface area contributed by atoms with Gasteiger partial charge in [-0.05, 0) is 35.9 Å². The van der Waals surface area contributed by atoms with Gasteiger partial charge >= 0.3 is 18.1 Å². The van der Waals surface area contributed by atoms with Gasteiger partial charge in [-0.3, -0.25) is 9.59 Å². The summed E-state index contributed by atoms with van der Waals surface area (Å²) < 4.78 is 74.0. The van der Waals surface area contributed by atoms with Crippen molar-refractivity contribution in [3.05, 3.63) is 71.1 Å². The van der Waals surface area contributed by atoms with Gasteiger partial charge in [-0.1, -0.05) is 24.3 Å². The number of nitrogens with zero attached hydrogens (tertiary/aromatic N) is 5. The van der Waals surface area contributed by atoms with Gasteiger partial charge in [0.25, 0.3) is 6.79 Å². The predicted octanol–water partition coefficient (Wildman–Crippen LogP) is 2.55. The Morgan fingerprint density at radius 1 is 1.12 bits per heavy atom. The molecule has 226 valence electrons. The zero-order valence-corrected chi connectivity index (χ0v) is 23.0. The molecule has 0 saturated heterocycles. The zero-order valence-electron chi connectivity index (χ0n) is 22.1. The summed E-state index contributed by atoms with van der Waals surface area (Å²) in [7, 11) is -2.66. The minimum Gasteiger partial charge on any atom is -0.569 e. The number of primary sulfonamides is 1. The van der Waals surface area contributed by atoms with Crippen molar-refractivity contribution in [1.82, 2.24) is 14.8 Å². The molecular weight excluding hydrogens is 589 g/mol. The molecule has 0 saturated carbocycles. The number of carbonyl (C=O) groups is 2. The second-order valence-electron chi connectivity index (χ2n) is 8.56. The van der Waals surface area contributed by atoms with Crippen molar-refractivity contribution in [1.29, 1.82) is 0 Å². The fourth-order valence-corrected chi connectivity index (χ4v) is 3.85. The first-order valence-electron chi connectivity index (χ1n) is 11.8. The highest BCUT2D eigenvalue weighted by Gasteiger charge is 2.35. The Morgan fingerprint density at radius 3 is 2.33 bits per heavy atom. The molecule has 2 aromatic carbocycles. The number of carbonyl (C=O) groups excluding carboxylic acids is 2. The van der Waals surface area contributed by atoms with E-state index in [1.165, 1.54) is 43.4 Å². The maximum atomic E-state index is 13.5. The summed E-state index contributed by atoms with van der Waals surface area (Å²) in [5.74, 6) is -1.24. The topological polar surface area (TPSA) is 181 Å². The number of alkyl halides is 3. The summed E-state index contributed by atoms with van der Waals surface area (Å²) in [6.45, 7) is 0.391. The molecule has 0 aliphatic heterocycles. The third-order valence-electron chi connectivity index (χ3n) is 5.42. The summed E-state index contributed by atoms with van der Waals surface area (Å²) in [6.07, 6.45) is -4.91. The number of benzene rings is 2. The van der Waals surface area contributed by atoms with Crippen molar-refractivity contribution in [2.24, 2.45) is 10.4 Å². The normalized spacial score (nSPS) is 12.1. The highest BCUT2D eigenvalue weighted by atomic mass is 32.2. The number of rotatable bonds is 12. The number of hydrogen-bond donors (Lipinski definition) is 1. The van der Waals surface area contributed by atoms with E-state index in [0.717, 1.165) is 34.8 Å². The van der Waals surface area contributed by atoms with Crippen LogP contribution in [-0.4, -0.2) is 67.1 Å². The number of ether oxygens (including phenoxy) is 2. The van der Waals surface area contributed by atoms with Crippen LogP contribution in [0, 0.1) is 5.21 Å². The molecule has 0 aliphatic carbocycles. The van der Waals surface area contributed by atoms with E-state index >= 15 is 0 Å². The molecule has 0 atom stereocenters. The molecule has 0 spiro atoms. The van der Waals surface area contributed by atoms with Crippen LogP contribution in [0.2, 0.25) is 0 Å².